The van der Waals surface area contributed by atoms with Crippen molar-refractivity contribution in [3.63, 3.8) is 0 Å². The predicted octanol–water partition coefficient (Wildman–Crippen LogP) is 5.06. The van der Waals surface area contributed by atoms with E-state index in [1.807, 2.05) is 6.92 Å². The lowest BCUT2D eigenvalue weighted by Crippen LogP contribution is -2.47. The standard InChI is InChI=1S/C25H25ClN2O4S/c1-4-23(28(33(3,31)32)20-13-10-17(2)11-14-20)25(30)27-22-15-12-19(26)16-21(22)24(29)18-8-6-5-7-9-18/h5-16,23H,4H2,1-3H3,(H,27,30). The highest BCUT2D eigenvalue weighted by Crippen LogP contribution is 2.27. The molecule has 0 heterocycles. The van der Waals surface area contributed by atoms with Gasteiger partial charge in [0.05, 0.1) is 17.6 Å². The van der Waals surface area contributed by atoms with Crippen LogP contribution in [0.25, 0.3) is 0 Å². The van der Waals surface area contributed by atoms with Crippen molar-refractivity contribution < 1.29 is 18.0 Å². The lowest BCUT2D eigenvalue weighted by Gasteiger charge is -2.30. The maximum atomic E-state index is 13.3. The molecule has 3 aromatic rings. The van der Waals surface area contributed by atoms with Gasteiger partial charge in [0.1, 0.15) is 6.04 Å². The number of ketones is 1. The van der Waals surface area contributed by atoms with Crippen LogP contribution in [0.4, 0.5) is 11.4 Å². The van der Waals surface area contributed by atoms with Crippen LogP contribution in [0.5, 0.6) is 0 Å². The van der Waals surface area contributed by atoms with E-state index in [-0.39, 0.29) is 23.5 Å². The molecule has 1 N–H and O–H groups in total. The number of rotatable bonds is 8. The average Bonchev–Trinajstić information content (AvgIpc) is 2.78. The molecule has 0 radical (unpaired) electrons. The van der Waals surface area contributed by atoms with Gasteiger partial charge in [-0.3, -0.25) is 13.9 Å². The summed E-state index contributed by atoms with van der Waals surface area (Å²) >= 11 is 6.13. The van der Waals surface area contributed by atoms with Crippen LogP contribution < -0.4 is 9.62 Å². The topological polar surface area (TPSA) is 83.6 Å². The maximum Gasteiger partial charge on any atom is 0.248 e. The molecule has 0 saturated heterocycles. The number of halogens is 1. The van der Waals surface area contributed by atoms with Gasteiger partial charge in [0.2, 0.25) is 15.9 Å². The second kappa shape index (κ2) is 10.2. The Balaban J connectivity index is 1.98. The van der Waals surface area contributed by atoms with Crippen LogP contribution >= 0.6 is 11.6 Å². The number of sulfonamides is 1. The molecule has 3 rings (SSSR count). The molecule has 0 aliphatic carbocycles. The molecule has 1 unspecified atom stereocenters. The molecule has 33 heavy (non-hydrogen) atoms. The number of nitrogens with zero attached hydrogens (tertiary/aromatic N) is 1. The minimum atomic E-state index is -3.77. The smallest absolute Gasteiger partial charge is 0.248 e. The summed E-state index contributed by atoms with van der Waals surface area (Å²) in [7, 11) is -3.77. The van der Waals surface area contributed by atoms with E-state index in [9.17, 15) is 18.0 Å². The van der Waals surface area contributed by atoms with E-state index in [2.05, 4.69) is 5.32 Å². The molecular weight excluding hydrogens is 460 g/mol. The normalized spacial score (nSPS) is 12.1. The first-order valence-electron chi connectivity index (χ1n) is 10.4. The number of hydrogen-bond donors (Lipinski definition) is 1. The molecule has 0 bridgehead atoms. The van der Waals surface area contributed by atoms with Crippen LogP contribution in [0.15, 0.2) is 72.8 Å². The van der Waals surface area contributed by atoms with Gasteiger partial charge in [-0.15, -0.1) is 0 Å². The zero-order valence-electron chi connectivity index (χ0n) is 18.6. The van der Waals surface area contributed by atoms with Crippen LogP contribution in [0.2, 0.25) is 5.02 Å². The van der Waals surface area contributed by atoms with Crippen LogP contribution in [0.3, 0.4) is 0 Å². The monoisotopic (exact) mass is 484 g/mol. The fourth-order valence-corrected chi connectivity index (χ4v) is 4.91. The zero-order chi connectivity index (χ0) is 24.2. The number of nitrogens with one attached hydrogen (secondary N) is 1. The van der Waals surface area contributed by atoms with E-state index >= 15 is 0 Å². The molecule has 1 amide bonds. The summed E-state index contributed by atoms with van der Waals surface area (Å²) < 4.78 is 26.4. The fraction of sp³-hybridized carbons (Fsp3) is 0.200. The van der Waals surface area contributed by atoms with Gasteiger partial charge in [0.15, 0.2) is 5.78 Å². The number of benzene rings is 3. The highest BCUT2D eigenvalue weighted by atomic mass is 35.5. The summed E-state index contributed by atoms with van der Waals surface area (Å²) in [5, 5.41) is 3.09. The van der Waals surface area contributed by atoms with Crippen LogP contribution in [0, 0.1) is 6.92 Å². The third-order valence-electron chi connectivity index (χ3n) is 5.14. The number of carbonyl (C=O) groups is 2. The lowest BCUT2D eigenvalue weighted by atomic mass is 10.0. The Kier molecular flexibility index (Phi) is 7.56. The quantitative estimate of drug-likeness (QED) is 0.453. The summed E-state index contributed by atoms with van der Waals surface area (Å²) in [6, 6.07) is 19.1. The molecule has 0 fully saturated rings. The van der Waals surface area contributed by atoms with Crippen molar-refractivity contribution in [1.29, 1.82) is 0 Å². The predicted molar refractivity (Wildman–Crippen MR) is 133 cm³/mol. The van der Waals surface area contributed by atoms with Gasteiger partial charge in [-0.1, -0.05) is 66.6 Å². The van der Waals surface area contributed by atoms with Gasteiger partial charge in [-0.2, -0.15) is 0 Å². The second-order valence-corrected chi connectivity index (χ2v) is 9.99. The minimum absolute atomic E-state index is 0.221. The number of amides is 1. The van der Waals surface area contributed by atoms with E-state index in [1.54, 1.807) is 73.7 Å². The molecule has 8 heteroatoms. The summed E-state index contributed by atoms with van der Waals surface area (Å²) in [5.41, 5.74) is 2.28. The Morgan fingerprint density at radius 2 is 1.64 bits per heavy atom. The van der Waals surface area contributed by atoms with Crippen LogP contribution in [-0.2, 0) is 14.8 Å². The Morgan fingerprint density at radius 1 is 1.00 bits per heavy atom. The van der Waals surface area contributed by atoms with Crippen molar-refractivity contribution in [3.8, 4) is 0 Å². The molecule has 0 aliphatic rings. The SMILES string of the molecule is CCC(C(=O)Nc1ccc(Cl)cc1C(=O)c1ccccc1)N(c1ccc(C)cc1)S(C)(=O)=O. The first kappa shape index (κ1) is 24.5. The lowest BCUT2D eigenvalue weighted by molar-refractivity contribution is -0.117. The minimum Gasteiger partial charge on any atom is -0.324 e. The largest absolute Gasteiger partial charge is 0.324 e. The van der Waals surface area contributed by atoms with Crippen LogP contribution in [-0.4, -0.2) is 32.4 Å². The molecule has 1 atom stereocenters. The van der Waals surface area contributed by atoms with E-state index in [0.29, 0.717) is 16.3 Å². The Bertz CT molecular complexity index is 1260. The van der Waals surface area contributed by atoms with Gasteiger partial charge in [-0.25, -0.2) is 8.42 Å². The molecule has 0 aromatic heterocycles. The van der Waals surface area contributed by atoms with Gasteiger partial charge >= 0.3 is 0 Å². The Labute approximate surface area is 199 Å². The Morgan fingerprint density at radius 3 is 2.21 bits per heavy atom. The van der Waals surface area contributed by atoms with Crippen molar-refractivity contribution in [3.05, 3.63) is 94.5 Å². The van der Waals surface area contributed by atoms with E-state index in [4.69, 9.17) is 11.6 Å². The summed E-state index contributed by atoms with van der Waals surface area (Å²) in [4.78, 5) is 26.4. The van der Waals surface area contributed by atoms with Crippen molar-refractivity contribution in [2.45, 2.75) is 26.3 Å². The second-order valence-electron chi connectivity index (χ2n) is 7.69. The van der Waals surface area contributed by atoms with E-state index in [0.717, 1.165) is 16.1 Å². The summed E-state index contributed by atoms with van der Waals surface area (Å²) in [6.07, 6.45) is 1.29. The maximum absolute atomic E-state index is 13.3. The third-order valence-corrected chi connectivity index (χ3v) is 6.55. The van der Waals surface area contributed by atoms with E-state index in [1.165, 1.54) is 6.07 Å². The molecule has 3 aromatic carbocycles. The van der Waals surface area contributed by atoms with Gasteiger partial charge in [0.25, 0.3) is 0 Å². The van der Waals surface area contributed by atoms with Crippen molar-refractivity contribution in [2.75, 3.05) is 15.9 Å². The van der Waals surface area contributed by atoms with Gasteiger partial charge in [-0.05, 0) is 43.7 Å². The summed E-state index contributed by atoms with van der Waals surface area (Å²) in [6.45, 7) is 3.62. The molecule has 0 spiro atoms. The van der Waals surface area contributed by atoms with Crippen molar-refractivity contribution >= 4 is 44.7 Å². The zero-order valence-corrected chi connectivity index (χ0v) is 20.2. The Hall–Kier alpha value is -3.16. The fourth-order valence-electron chi connectivity index (χ4n) is 3.53. The highest BCUT2D eigenvalue weighted by Gasteiger charge is 2.32. The highest BCUT2D eigenvalue weighted by molar-refractivity contribution is 7.92. The number of aryl methyl sites for hydroxylation is 1. The van der Waals surface area contributed by atoms with Crippen LogP contribution in [0.1, 0.15) is 34.8 Å². The van der Waals surface area contributed by atoms with E-state index < -0.39 is 22.0 Å². The molecule has 172 valence electrons. The van der Waals surface area contributed by atoms with Gasteiger partial charge in [0, 0.05) is 16.1 Å². The molecule has 6 nitrogen and oxygen atoms in total. The molecular formula is C25H25ClN2O4S. The van der Waals surface area contributed by atoms with Crippen molar-refractivity contribution in [2.24, 2.45) is 0 Å². The summed E-state index contributed by atoms with van der Waals surface area (Å²) in [5.74, 6) is -0.854. The first-order valence-corrected chi connectivity index (χ1v) is 12.6. The number of hydrogen-bond acceptors (Lipinski definition) is 4. The molecule has 0 aliphatic heterocycles. The van der Waals surface area contributed by atoms with Gasteiger partial charge < -0.3 is 5.32 Å². The third kappa shape index (κ3) is 5.80. The van der Waals surface area contributed by atoms with Crippen molar-refractivity contribution in [1.82, 2.24) is 0 Å². The number of anilines is 2. The first-order chi connectivity index (χ1) is 15.6. The number of carbonyl (C=O) groups excluding carboxylic acids is 2. The average molecular weight is 485 g/mol. The molecule has 0 saturated carbocycles.